The maximum absolute atomic E-state index is 11.9. The van der Waals surface area contributed by atoms with Crippen molar-refractivity contribution in [1.82, 2.24) is 5.32 Å². The third-order valence-corrected chi connectivity index (χ3v) is 3.43. The van der Waals surface area contributed by atoms with E-state index in [0.717, 1.165) is 12.8 Å². The summed E-state index contributed by atoms with van der Waals surface area (Å²) in [6.45, 7) is 2.03. The molecule has 0 spiro atoms. The Bertz CT molecular complexity index is 273. The predicted octanol–water partition coefficient (Wildman–Crippen LogP) is 1.90. The lowest BCUT2D eigenvalue weighted by atomic mass is 9.96. The number of halogens is 4. The third kappa shape index (κ3) is 5.83. The van der Waals surface area contributed by atoms with Crippen LogP contribution in [0.25, 0.3) is 0 Å². The van der Waals surface area contributed by atoms with Crippen molar-refractivity contribution < 1.29 is 18.0 Å². The van der Waals surface area contributed by atoms with Crippen LogP contribution >= 0.6 is 24.2 Å². The van der Waals surface area contributed by atoms with Crippen molar-refractivity contribution >= 4 is 30.1 Å². The van der Waals surface area contributed by atoms with Gasteiger partial charge in [-0.1, -0.05) is 0 Å². The smallest absolute Gasteiger partial charge is 0.349 e. The summed E-state index contributed by atoms with van der Waals surface area (Å²) in [6.07, 6.45) is 1.95. The zero-order valence-corrected chi connectivity index (χ0v) is 11.0. The highest BCUT2D eigenvalue weighted by Gasteiger charge is 2.41. The topological polar surface area (TPSA) is 55.1 Å². The van der Waals surface area contributed by atoms with E-state index in [-0.39, 0.29) is 30.7 Å². The fourth-order valence-electron chi connectivity index (χ4n) is 1.54. The molecule has 3 nitrogen and oxygen atoms in total. The molecule has 3 N–H and O–H groups in total. The number of carbonyl (C=O) groups is 1. The Morgan fingerprint density at radius 1 is 1.47 bits per heavy atom. The van der Waals surface area contributed by atoms with Crippen molar-refractivity contribution in [2.24, 2.45) is 11.7 Å². The number of nitrogens with one attached hydrogen (secondary N) is 1. The van der Waals surface area contributed by atoms with Gasteiger partial charge in [0.1, 0.15) is 0 Å². The molecule has 1 rings (SSSR count). The van der Waals surface area contributed by atoms with E-state index < -0.39 is 22.7 Å². The molecular formula is C9H16ClF3N2OS. The molecule has 17 heavy (non-hydrogen) atoms. The Labute approximate surface area is 108 Å². The van der Waals surface area contributed by atoms with Gasteiger partial charge in [-0.2, -0.15) is 13.2 Å². The second-order valence-electron chi connectivity index (χ2n) is 4.18. The number of rotatable bonds is 5. The van der Waals surface area contributed by atoms with Crippen molar-refractivity contribution in [2.75, 3.05) is 12.3 Å². The summed E-state index contributed by atoms with van der Waals surface area (Å²) in [6, 6.07) is 0. The first kappa shape index (κ1) is 16.9. The van der Waals surface area contributed by atoms with Gasteiger partial charge in [0.15, 0.2) is 0 Å². The van der Waals surface area contributed by atoms with Gasteiger partial charge >= 0.3 is 5.51 Å². The van der Waals surface area contributed by atoms with E-state index in [1.165, 1.54) is 0 Å². The SMILES string of the molecule is CC(CN)(NC(=O)CSC(F)(F)F)C1CC1.Cl. The lowest BCUT2D eigenvalue weighted by Crippen LogP contribution is -2.53. The molecule has 1 unspecified atom stereocenters. The van der Waals surface area contributed by atoms with E-state index in [0.29, 0.717) is 5.92 Å². The summed E-state index contributed by atoms with van der Waals surface area (Å²) in [7, 11) is 0. The van der Waals surface area contributed by atoms with Crippen LogP contribution in [0.4, 0.5) is 13.2 Å². The van der Waals surface area contributed by atoms with Crippen LogP contribution < -0.4 is 11.1 Å². The first-order valence-electron chi connectivity index (χ1n) is 4.98. The zero-order chi connectivity index (χ0) is 12.4. The first-order valence-corrected chi connectivity index (χ1v) is 5.97. The summed E-state index contributed by atoms with van der Waals surface area (Å²) >= 11 is -0.328. The Kier molecular flexibility index (Phi) is 6.10. The fraction of sp³-hybridized carbons (Fsp3) is 0.889. The van der Waals surface area contributed by atoms with Crippen LogP contribution in [0.2, 0.25) is 0 Å². The molecular weight excluding hydrogens is 277 g/mol. The summed E-state index contributed by atoms with van der Waals surface area (Å²) in [5.74, 6) is -0.911. The quantitative estimate of drug-likeness (QED) is 0.814. The molecule has 1 aliphatic rings. The molecule has 0 heterocycles. The molecule has 1 saturated carbocycles. The number of hydrogen-bond acceptors (Lipinski definition) is 3. The average Bonchev–Trinajstić information content (AvgIpc) is 2.96. The van der Waals surface area contributed by atoms with Gasteiger partial charge in [0, 0.05) is 6.54 Å². The van der Waals surface area contributed by atoms with Gasteiger partial charge in [-0.3, -0.25) is 4.79 Å². The molecule has 8 heteroatoms. The highest BCUT2D eigenvalue weighted by Crippen LogP contribution is 2.39. The van der Waals surface area contributed by atoms with Crippen molar-refractivity contribution in [3.63, 3.8) is 0 Å². The van der Waals surface area contributed by atoms with Gasteiger partial charge in [0.25, 0.3) is 0 Å². The van der Waals surface area contributed by atoms with Crippen LogP contribution in [0.15, 0.2) is 0 Å². The molecule has 0 aliphatic heterocycles. The molecule has 1 aliphatic carbocycles. The lowest BCUT2D eigenvalue weighted by molar-refractivity contribution is -0.120. The minimum Gasteiger partial charge on any atom is -0.349 e. The minimum absolute atomic E-state index is 0. The Morgan fingerprint density at radius 2 is 2.00 bits per heavy atom. The second-order valence-corrected chi connectivity index (χ2v) is 5.22. The number of amides is 1. The number of carbonyl (C=O) groups excluding carboxylic acids is 1. The Morgan fingerprint density at radius 3 is 2.35 bits per heavy atom. The number of thioether (sulfide) groups is 1. The fourth-order valence-corrected chi connectivity index (χ4v) is 1.91. The number of hydrogen-bond donors (Lipinski definition) is 2. The third-order valence-electron chi connectivity index (χ3n) is 2.69. The van der Waals surface area contributed by atoms with E-state index in [1.807, 2.05) is 0 Å². The highest BCUT2D eigenvalue weighted by atomic mass is 35.5. The predicted molar refractivity (Wildman–Crippen MR) is 64.1 cm³/mol. The van der Waals surface area contributed by atoms with Crippen LogP contribution in [-0.4, -0.2) is 29.3 Å². The summed E-state index contributed by atoms with van der Waals surface area (Å²) in [4.78, 5) is 11.3. The summed E-state index contributed by atoms with van der Waals surface area (Å²) in [5.41, 5.74) is 0.617. The van der Waals surface area contributed by atoms with Gasteiger partial charge in [0.2, 0.25) is 5.91 Å². The normalized spacial score (nSPS) is 19.1. The van der Waals surface area contributed by atoms with Gasteiger partial charge in [-0.05, 0) is 37.4 Å². The molecule has 0 bridgehead atoms. The molecule has 1 fully saturated rings. The monoisotopic (exact) mass is 292 g/mol. The van der Waals surface area contributed by atoms with Gasteiger partial charge < -0.3 is 11.1 Å². The second kappa shape index (κ2) is 6.15. The standard InChI is InChI=1S/C9H15F3N2OS.ClH/c1-8(5-13,6-2-3-6)14-7(15)4-16-9(10,11)12;/h6H,2-5,13H2,1H3,(H,14,15);1H. The van der Waals surface area contributed by atoms with Crippen LogP contribution in [0, 0.1) is 5.92 Å². The molecule has 0 radical (unpaired) electrons. The van der Waals surface area contributed by atoms with Crippen LogP contribution in [0.1, 0.15) is 19.8 Å². The molecule has 0 aromatic carbocycles. The van der Waals surface area contributed by atoms with E-state index in [4.69, 9.17) is 5.73 Å². The summed E-state index contributed by atoms with van der Waals surface area (Å²) in [5, 5.41) is 2.59. The molecule has 1 amide bonds. The average molecular weight is 293 g/mol. The Balaban J connectivity index is 0.00000256. The van der Waals surface area contributed by atoms with Crippen molar-refractivity contribution in [2.45, 2.75) is 30.8 Å². The molecule has 0 aromatic rings. The molecule has 1 atom stereocenters. The number of alkyl halides is 3. The van der Waals surface area contributed by atoms with Crippen LogP contribution in [0.5, 0.6) is 0 Å². The molecule has 0 saturated heterocycles. The molecule has 0 aromatic heterocycles. The largest absolute Gasteiger partial charge is 0.442 e. The van der Waals surface area contributed by atoms with Crippen LogP contribution in [-0.2, 0) is 4.79 Å². The maximum atomic E-state index is 11.9. The number of nitrogens with two attached hydrogens (primary N) is 1. The maximum Gasteiger partial charge on any atom is 0.442 e. The first-order chi connectivity index (χ1) is 7.27. The molecule has 102 valence electrons. The Hall–Kier alpha value is -0.140. The zero-order valence-electron chi connectivity index (χ0n) is 9.34. The van der Waals surface area contributed by atoms with Crippen LogP contribution in [0.3, 0.4) is 0 Å². The van der Waals surface area contributed by atoms with Gasteiger partial charge in [-0.15, -0.1) is 12.4 Å². The van der Waals surface area contributed by atoms with Crippen molar-refractivity contribution in [1.29, 1.82) is 0 Å². The minimum atomic E-state index is -4.37. The highest BCUT2D eigenvalue weighted by molar-refractivity contribution is 8.00. The summed E-state index contributed by atoms with van der Waals surface area (Å²) < 4.78 is 35.6. The van der Waals surface area contributed by atoms with E-state index >= 15 is 0 Å². The van der Waals surface area contributed by atoms with Crippen molar-refractivity contribution in [3.05, 3.63) is 0 Å². The van der Waals surface area contributed by atoms with Crippen molar-refractivity contribution in [3.8, 4) is 0 Å². The lowest BCUT2D eigenvalue weighted by Gasteiger charge is -2.29. The van der Waals surface area contributed by atoms with E-state index in [1.54, 1.807) is 6.92 Å². The van der Waals surface area contributed by atoms with Gasteiger partial charge in [-0.25, -0.2) is 0 Å². The van der Waals surface area contributed by atoms with Gasteiger partial charge in [0.05, 0.1) is 11.3 Å². The van der Waals surface area contributed by atoms with E-state index in [2.05, 4.69) is 5.32 Å². The van der Waals surface area contributed by atoms with E-state index in [9.17, 15) is 18.0 Å².